The van der Waals surface area contributed by atoms with Crippen LogP contribution >= 0.6 is 0 Å². The zero-order chi connectivity index (χ0) is 13.4. The summed E-state index contributed by atoms with van der Waals surface area (Å²) in [6.07, 6.45) is 0. The van der Waals surface area contributed by atoms with Gasteiger partial charge in [-0.1, -0.05) is 31.1 Å². The van der Waals surface area contributed by atoms with Crippen LogP contribution in [0.4, 0.5) is 0 Å². The van der Waals surface area contributed by atoms with E-state index in [-0.39, 0.29) is 11.3 Å². The van der Waals surface area contributed by atoms with Crippen LogP contribution in [-0.4, -0.2) is 10.1 Å². The van der Waals surface area contributed by atoms with Crippen LogP contribution in [0.5, 0.6) is 0 Å². The number of hydrogen-bond donors (Lipinski definition) is 1. The van der Waals surface area contributed by atoms with Crippen molar-refractivity contribution >= 4 is 10.9 Å². The molecule has 19 heavy (non-hydrogen) atoms. The molecular weight excluding hydrogens is 240 g/mol. The van der Waals surface area contributed by atoms with Gasteiger partial charge in [-0.2, -0.15) is 0 Å². The number of pyridine rings is 1. The van der Waals surface area contributed by atoms with Crippen LogP contribution in [0.2, 0.25) is 0 Å². The highest BCUT2D eigenvalue weighted by Gasteiger charge is 2.11. The Labute approximate surface area is 110 Å². The summed E-state index contributed by atoms with van der Waals surface area (Å²) in [5.74, 6) is 1.08. The van der Waals surface area contributed by atoms with Gasteiger partial charge in [0.05, 0.1) is 5.69 Å². The fraction of sp³-hybridized carbons (Fsp3) is 0.200. The minimum atomic E-state index is -0.0153. The number of nitrogens with one attached hydrogen (secondary N) is 1. The molecule has 0 fully saturated rings. The van der Waals surface area contributed by atoms with Crippen molar-refractivity contribution < 1.29 is 4.52 Å². The van der Waals surface area contributed by atoms with E-state index >= 15 is 0 Å². The van der Waals surface area contributed by atoms with Crippen LogP contribution in [0, 0.1) is 0 Å². The molecule has 0 saturated carbocycles. The van der Waals surface area contributed by atoms with E-state index in [1.807, 2.05) is 38.1 Å². The van der Waals surface area contributed by atoms with Gasteiger partial charge in [0.2, 0.25) is 0 Å². The van der Waals surface area contributed by atoms with Crippen LogP contribution < -0.4 is 5.43 Å². The Morgan fingerprint density at radius 3 is 2.74 bits per heavy atom. The lowest BCUT2D eigenvalue weighted by Crippen LogP contribution is -2.02. The highest BCUT2D eigenvalue weighted by molar-refractivity contribution is 5.80. The highest BCUT2D eigenvalue weighted by Crippen LogP contribution is 2.22. The molecule has 0 aliphatic carbocycles. The van der Waals surface area contributed by atoms with E-state index in [2.05, 4.69) is 10.1 Å². The second-order valence-electron chi connectivity index (χ2n) is 4.86. The molecule has 0 radical (unpaired) electrons. The molecule has 2 heterocycles. The van der Waals surface area contributed by atoms with E-state index in [4.69, 9.17) is 4.52 Å². The fourth-order valence-electron chi connectivity index (χ4n) is 2.02. The molecule has 0 aliphatic rings. The van der Waals surface area contributed by atoms with E-state index < -0.39 is 0 Å². The monoisotopic (exact) mass is 254 g/mol. The van der Waals surface area contributed by atoms with Gasteiger partial charge in [0.25, 0.3) is 0 Å². The summed E-state index contributed by atoms with van der Waals surface area (Å²) < 4.78 is 5.26. The minimum absolute atomic E-state index is 0.0153. The molecule has 0 unspecified atom stereocenters. The molecule has 0 saturated heterocycles. The van der Waals surface area contributed by atoms with Crippen molar-refractivity contribution in [3.8, 4) is 11.4 Å². The summed E-state index contributed by atoms with van der Waals surface area (Å²) in [6, 6.07) is 10.9. The summed E-state index contributed by atoms with van der Waals surface area (Å²) in [6.45, 7) is 4.07. The van der Waals surface area contributed by atoms with Gasteiger partial charge >= 0.3 is 0 Å². The number of H-pyrrole nitrogens is 1. The van der Waals surface area contributed by atoms with E-state index in [0.717, 1.165) is 11.3 Å². The van der Waals surface area contributed by atoms with E-state index in [1.165, 1.54) is 0 Å². The average molecular weight is 254 g/mol. The highest BCUT2D eigenvalue weighted by atomic mass is 16.5. The molecule has 3 rings (SSSR count). The number of benzene rings is 1. The maximum absolute atomic E-state index is 12.0. The SMILES string of the molecule is CC(C)c1cc(-c2cc(=O)c3ccccc3[nH]2)no1. The van der Waals surface area contributed by atoms with Crippen molar-refractivity contribution in [2.24, 2.45) is 0 Å². The van der Waals surface area contributed by atoms with Crippen LogP contribution in [0.1, 0.15) is 25.5 Å². The average Bonchev–Trinajstić information content (AvgIpc) is 2.88. The Hall–Kier alpha value is -2.36. The number of nitrogens with zero attached hydrogens (tertiary/aromatic N) is 1. The molecule has 4 heteroatoms. The predicted octanol–water partition coefficient (Wildman–Crippen LogP) is 3.31. The molecule has 0 amide bonds. The molecule has 0 spiro atoms. The molecular formula is C15H14N2O2. The van der Waals surface area contributed by atoms with Crippen LogP contribution in [-0.2, 0) is 0 Å². The normalized spacial score (nSPS) is 11.3. The zero-order valence-corrected chi connectivity index (χ0v) is 10.8. The summed E-state index contributed by atoms with van der Waals surface area (Å²) in [4.78, 5) is 15.2. The largest absolute Gasteiger partial charge is 0.360 e. The molecule has 1 N–H and O–H groups in total. The topological polar surface area (TPSA) is 58.9 Å². The molecule has 0 aliphatic heterocycles. The minimum Gasteiger partial charge on any atom is -0.360 e. The van der Waals surface area contributed by atoms with Crippen LogP contribution in [0.25, 0.3) is 22.3 Å². The second kappa shape index (κ2) is 4.39. The number of fused-ring (bicyclic) bond motifs is 1. The van der Waals surface area contributed by atoms with Gasteiger partial charge in [-0.15, -0.1) is 0 Å². The Morgan fingerprint density at radius 1 is 1.21 bits per heavy atom. The number of rotatable bonds is 2. The van der Waals surface area contributed by atoms with Crippen molar-refractivity contribution in [1.82, 2.24) is 10.1 Å². The first-order valence-electron chi connectivity index (χ1n) is 6.24. The van der Waals surface area contributed by atoms with Crippen molar-refractivity contribution in [1.29, 1.82) is 0 Å². The third-order valence-corrected chi connectivity index (χ3v) is 3.11. The summed E-state index contributed by atoms with van der Waals surface area (Å²) >= 11 is 0. The summed E-state index contributed by atoms with van der Waals surface area (Å²) in [5, 5.41) is 4.69. The molecule has 0 atom stereocenters. The smallest absolute Gasteiger partial charge is 0.190 e. The zero-order valence-electron chi connectivity index (χ0n) is 10.8. The number of aromatic nitrogens is 2. The Morgan fingerprint density at radius 2 is 2.00 bits per heavy atom. The number of para-hydroxylation sites is 1. The van der Waals surface area contributed by atoms with Crippen LogP contribution in [0.15, 0.2) is 45.7 Å². The van der Waals surface area contributed by atoms with Gasteiger partial charge < -0.3 is 9.51 Å². The van der Waals surface area contributed by atoms with Gasteiger partial charge in [0, 0.05) is 29.0 Å². The molecule has 3 aromatic rings. The third kappa shape index (κ3) is 2.05. The maximum atomic E-state index is 12.0. The first-order chi connectivity index (χ1) is 9.15. The van der Waals surface area contributed by atoms with E-state index in [0.29, 0.717) is 16.8 Å². The predicted molar refractivity (Wildman–Crippen MR) is 74.2 cm³/mol. The molecule has 4 nitrogen and oxygen atoms in total. The number of hydrogen-bond acceptors (Lipinski definition) is 3. The van der Waals surface area contributed by atoms with Crippen molar-refractivity contribution in [2.75, 3.05) is 0 Å². The molecule has 0 bridgehead atoms. The van der Waals surface area contributed by atoms with E-state index in [1.54, 1.807) is 12.1 Å². The van der Waals surface area contributed by atoms with Crippen molar-refractivity contribution in [3.63, 3.8) is 0 Å². The Bertz CT molecular complexity index is 784. The van der Waals surface area contributed by atoms with Crippen molar-refractivity contribution in [3.05, 3.63) is 52.4 Å². The standard InChI is InChI=1S/C15H14N2O2/c1-9(2)15-8-13(17-19-15)12-7-14(18)10-5-3-4-6-11(10)16-12/h3-9H,1-2H3,(H,16,18). The third-order valence-electron chi connectivity index (χ3n) is 3.11. The van der Waals surface area contributed by atoms with Crippen molar-refractivity contribution in [2.45, 2.75) is 19.8 Å². The lowest BCUT2D eigenvalue weighted by atomic mass is 10.1. The lowest BCUT2D eigenvalue weighted by molar-refractivity contribution is 0.373. The first-order valence-corrected chi connectivity index (χ1v) is 6.24. The molecule has 2 aromatic heterocycles. The lowest BCUT2D eigenvalue weighted by Gasteiger charge is -2.00. The van der Waals surface area contributed by atoms with Gasteiger partial charge in [-0.05, 0) is 12.1 Å². The summed E-state index contributed by atoms with van der Waals surface area (Å²) in [7, 11) is 0. The Kier molecular flexibility index (Phi) is 2.71. The Balaban J connectivity index is 2.17. The van der Waals surface area contributed by atoms with Gasteiger partial charge in [-0.3, -0.25) is 4.79 Å². The van der Waals surface area contributed by atoms with E-state index in [9.17, 15) is 4.79 Å². The summed E-state index contributed by atoms with van der Waals surface area (Å²) in [5.41, 5.74) is 2.13. The first kappa shape index (κ1) is 11.7. The van der Waals surface area contributed by atoms with Gasteiger partial charge in [0.15, 0.2) is 5.43 Å². The maximum Gasteiger partial charge on any atom is 0.190 e. The fourth-order valence-corrected chi connectivity index (χ4v) is 2.02. The molecule has 1 aromatic carbocycles. The quantitative estimate of drug-likeness (QED) is 0.763. The van der Waals surface area contributed by atoms with Gasteiger partial charge in [0.1, 0.15) is 11.5 Å². The molecule has 96 valence electrons. The second-order valence-corrected chi connectivity index (χ2v) is 4.86. The van der Waals surface area contributed by atoms with Crippen LogP contribution in [0.3, 0.4) is 0 Å². The number of aromatic amines is 1. The van der Waals surface area contributed by atoms with Gasteiger partial charge in [-0.25, -0.2) is 0 Å².